The fraction of sp³-hybridized carbons (Fsp3) is 0.500. The highest BCUT2D eigenvalue weighted by atomic mass is 15.0. The van der Waals surface area contributed by atoms with Gasteiger partial charge < -0.3 is 9.88 Å². The van der Waals surface area contributed by atoms with Crippen LogP contribution in [0.1, 0.15) is 40.2 Å². The van der Waals surface area contributed by atoms with E-state index in [1.807, 2.05) is 41.1 Å². The first-order valence-electron chi connectivity index (χ1n) is 8.09. The second-order valence-corrected chi connectivity index (χ2v) is 4.15. The van der Waals surface area contributed by atoms with Crippen LogP contribution < -0.4 is 5.32 Å². The molecular formula is C18H31N3. The molecule has 0 aliphatic carbocycles. The molecule has 0 amide bonds. The van der Waals surface area contributed by atoms with Crippen LogP contribution in [0, 0.1) is 0 Å². The summed E-state index contributed by atoms with van der Waals surface area (Å²) in [4.78, 5) is 4.43. The zero-order chi connectivity index (χ0) is 16.1. The van der Waals surface area contributed by atoms with E-state index in [1.165, 1.54) is 11.1 Å². The Hall–Kier alpha value is -1.61. The number of imidazole rings is 1. The minimum atomic E-state index is 0.955. The van der Waals surface area contributed by atoms with Crippen molar-refractivity contribution >= 4 is 0 Å². The van der Waals surface area contributed by atoms with E-state index in [2.05, 4.69) is 52.3 Å². The highest BCUT2D eigenvalue weighted by Gasteiger charge is 2.01. The molecule has 0 aliphatic rings. The highest BCUT2D eigenvalue weighted by molar-refractivity contribution is 5.58. The molecule has 0 saturated carbocycles. The Balaban J connectivity index is 0.000000921. The van der Waals surface area contributed by atoms with E-state index in [1.54, 1.807) is 0 Å². The van der Waals surface area contributed by atoms with Crippen LogP contribution in [0.3, 0.4) is 0 Å². The van der Waals surface area contributed by atoms with Crippen LogP contribution in [0.15, 0.2) is 36.8 Å². The van der Waals surface area contributed by atoms with Crippen molar-refractivity contribution in [1.29, 1.82) is 0 Å². The molecule has 1 aromatic carbocycles. The number of aromatic nitrogens is 2. The standard InChI is InChI=1S/C14H19N3.2C2H6/c1-3-12-4-6-13(7-5-12)14-10-17(11-16-14)9-8-15-2;2*1-2/h4-7,10-11,15H,3,8-9H2,1-2H3;2*1-2H3. The monoisotopic (exact) mass is 289 g/mol. The van der Waals surface area contributed by atoms with Gasteiger partial charge in [0.25, 0.3) is 0 Å². The van der Waals surface area contributed by atoms with Gasteiger partial charge in [-0.05, 0) is 19.0 Å². The summed E-state index contributed by atoms with van der Waals surface area (Å²) in [6, 6.07) is 8.62. The maximum Gasteiger partial charge on any atom is 0.0954 e. The minimum Gasteiger partial charge on any atom is -0.336 e. The topological polar surface area (TPSA) is 29.9 Å². The molecule has 2 rings (SSSR count). The molecule has 2 aromatic rings. The molecule has 118 valence electrons. The van der Waals surface area contributed by atoms with Crippen LogP contribution >= 0.6 is 0 Å². The van der Waals surface area contributed by atoms with Gasteiger partial charge in [0.05, 0.1) is 12.0 Å². The molecule has 3 nitrogen and oxygen atoms in total. The maximum atomic E-state index is 4.43. The van der Waals surface area contributed by atoms with Crippen molar-refractivity contribution in [2.24, 2.45) is 0 Å². The summed E-state index contributed by atoms with van der Waals surface area (Å²) in [5.74, 6) is 0. The van der Waals surface area contributed by atoms with Crippen molar-refractivity contribution in [3.8, 4) is 11.3 Å². The number of rotatable bonds is 5. The van der Waals surface area contributed by atoms with Gasteiger partial charge in [-0.1, -0.05) is 58.9 Å². The summed E-state index contributed by atoms with van der Waals surface area (Å²) in [5, 5.41) is 3.13. The Kier molecular flexibility index (Phi) is 11.2. The fourth-order valence-electron chi connectivity index (χ4n) is 1.78. The number of aryl methyl sites for hydroxylation is 1. The van der Waals surface area contributed by atoms with Gasteiger partial charge in [-0.3, -0.25) is 0 Å². The molecule has 0 aliphatic heterocycles. The van der Waals surface area contributed by atoms with Crippen LogP contribution in [-0.4, -0.2) is 23.1 Å². The number of benzene rings is 1. The van der Waals surface area contributed by atoms with Gasteiger partial charge in [0.2, 0.25) is 0 Å². The van der Waals surface area contributed by atoms with Crippen LogP contribution in [0.4, 0.5) is 0 Å². The molecule has 1 N–H and O–H groups in total. The van der Waals surface area contributed by atoms with Gasteiger partial charge in [-0.2, -0.15) is 0 Å². The van der Waals surface area contributed by atoms with Crippen LogP contribution in [0.2, 0.25) is 0 Å². The molecule has 1 heterocycles. The van der Waals surface area contributed by atoms with E-state index in [0.29, 0.717) is 0 Å². The van der Waals surface area contributed by atoms with Gasteiger partial charge in [0.1, 0.15) is 0 Å². The van der Waals surface area contributed by atoms with Gasteiger partial charge in [-0.15, -0.1) is 0 Å². The molecule has 0 fully saturated rings. The molecular weight excluding hydrogens is 258 g/mol. The lowest BCUT2D eigenvalue weighted by Crippen LogP contribution is -2.13. The van der Waals surface area contributed by atoms with Gasteiger partial charge in [-0.25, -0.2) is 4.98 Å². The predicted octanol–water partition coefficient (Wildman–Crippen LogP) is 4.38. The number of likely N-dealkylation sites (N-methyl/N-ethyl adjacent to an activating group) is 1. The lowest BCUT2D eigenvalue weighted by molar-refractivity contribution is 0.644. The zero-order valence-electron chi connectivity index (χ0n) is 14.5. The van der Waals surface area contributed by atoms with Gasteiger partial charge in [0.15, 0.2) is 0 Å². The first-order chi connectivity index (χ1) is 10.3. The van der Waals surface area contributed by atoms with E-state index >= 15 is 0 Å². The first-order valence-corrected chi connectivity index (χ1v) is 8.09. The second kappa shape index (κ2) is 12.2. The second-order valence-electron chi connectivity index (χ2n) is 4.15. The quantitative estimate of drug-likeness (QED) is 0.885. The maximum absolute atomic E-state index is 4.43. The van der Waals surface area contributed by atoms with Gasteiger partial charge >= 0.3 is 0 Å². The van der Waals surface area contributed by atoms with Crippen molar-refractivity contribution in [2.45, 2.75) is 47.6 Å². The normalized spacial score (nSPS) is 9.24. The van der Waals surface area contributed by atoms with Gasteiger partial charge in [0, 0.05) is 24.8 Å². The summed E-state index contributed by atoms with van der Waals surface area (Å²) in [6.45, 7) is 12.1. The van der Waals surface area contributed by atoms with Crippen molar-refractivity contribution in [3.63, 3.8) is 0 Å². The molecule has 3 heteroatoms. The van der Waals surface area contributed by atoms with E-state index < -0.39 is 0 Å². The summed E-state index contributed by atoms with van der Waals surface area (Å²) >= 11 is 0. The van der Waals surface area contributed by atoms with E-state index in [4.69, 9.17) is 0 Å². The molecule has 0 atom stereocenters. The molecule has 0 radical (unpaired) electrons. The Labute approximate surface area is 130 Å². The first kappa shape index (κ1) is 19.4. The third-order valence-corrected chi connectivity index (χ3v) is 2.91. The van der Waals surface area contributed by atoms with Crippen molar-refractivity contribution in [1.82, 2.24) is 14.9 Å². The van der Waals surface area contributed by atoms with E-state index in [9.17, 15) is 0 Å². The third-order valence-electron chi connectivity index (χ3n) is 2.91. The molecule has 1 aromatic heterocycles. The average molecular weight is 289 g/mol. The highest BCUT2D eigenvalue weighted by Crippen LogP contribution is 2.17. The number of nitrogens with zero attached hydrogens (tertiary/aromatic N) is 2. The third kappa shape index (κ3) is 6.58. The summed E-state index contributed by atoms with van der Waals surface area (Å²) in [6.07, 6.45) is 5.07. The van der Waals surface area contributed by atoms with E-state index in [0.717, 1.165) is 25.2 Å². The Bertz CT molecular complexity index is 458. The SMILES string of the molecule is CC.CC.CCc1ccc(-c2cn(CCNC)cn2)cc1. The van der Waals surface area contributed by atoms with Crippen LogP contribution in [-0.2, 0) is 13.0 Å². The van der Waals surface area contributed by atoms with Crippen molar-refractivity contribution in [2.75, 3.05) is 13.6 Å². The van der Waals surface area contributed by atoms with Crippen LogP contribution in [0.25, 0.3) is 11.3 Å². The molecule has 0 unspecified atom stereocenters. The van der Waals surface area contributed by atoms with E-state index in [-0.39, 0.29) is 0 Å². The number of nitrogens with one attached hydrogen (secondary N) is 1. The van der Waals surface area contributed by atoms with Crippen molar-refractivity contribution in [3.05, 3.63) is 42.4 Å². The lowest BCUT2D eigenvalue weighted by atomic mass is 10.1. The van der Waals surface area contributed by atoms with Crippen LogP contribution in [0.5, 0.6) is 0 Å². The Morgan fingerprint density at radius 2 is 1.67 bits per heavy atom. The number of hydrogen-bond acceptors (Lipinski definition) is 2. The predicted molar refractivity (Wildman–Crippen MR) is 93.7 cm³/mol. The molecule has 0 saturated heterocycles. The molecule has 21 heavy (non-hydrogen) atoms. The fourth-order valence-corrected chi connectivity index (χ4v) is 1.78. The molecule has 0 spiro atoms. The molecule has 0 bridgehead atoms. The van der Waals surface area contributed by atoms with Crippen molar-refractivity contribution < 1.29 is 0 Å². The Morgan fingerprint density at radius 1 is 1.05 bits per heavy atom. The minimum absolute atomic E-state index is 0.955. The smallest absolute Gasteiger partial charge is 0.0954 e. The number of hydrogen-bond donors (Lipinski definition) is 1. The largest absolute Gasteiger partial charge is 0.336 e. The average Bonchev–Trinajstić information content (AvgIpc) is 3.05. The zero-order valence-corrected chi connectivity index (χ0v) is 14.5. The summed E-state index contributed by atoms with van der Waals surface area (Å²) in [7, 11) is 1.96. The summed E-state index contributed by atoms with van der Waals surface area (Å²) < 4.78 is 2.11. The summed E-state index contributed by atoms with van der Waals surface area (Å²) in [5.41, 5.74) is 3.59. The lowest BCUT2D eigenvalue weighted by Gasteiger charge is -2.00. The Morgan fingerprint density at radius 3 is 2.19 bits per heavy atom.